The minimum absolute atomic E-state index is 0.894. The summed E-state index contributed by atoms with van der Waals surface area (Å²) in [6.45, 7) is 0. The van der Waals surface area contributed by atoms with E-state index in [9.17, 15) is 0 Å². The molecule has 8 aromatic carbocycles. The molecule has 0 aliphatic rings. The summed E-state index contributed by atoms with van der Waals surface area (Å²) in [6, 6.07) is 67.4. The molecule has 51 heavy (non-hydrogen) atoms. The smallest absolute Gasteiger partial charge is 0.136 e. The predicted molar refractivity (Wildman–Crippen MR) is 218 cm³/mol. The highest BCUT2D eigenvalue weighted by Crippen LogP contribution is 2.43. The van der Waals surface area contributed by atoms with Gasteiger partial charge < -0.3 is 9.32 Å². The van der Waals surface area contributed by atoms with Crippen LogP contribution in [0.15, 0.2) is 192 Å². The summed E-state index contributed by atoms with van der Waals surface area (Å²) in [5.74, 6) is 0. The second kappa shape index (κ2) is 12.2. The van der Waals surface area contributed by atoms with E-state index in [4.69, 9.17) is 4.42 Å². The van der Waals surface area contributed by atoms with Gasteiger partial charge in [0.05, 0.1) is 0 Å². The van der Waals surface area contributed by atoms with Crippen LogP contribution in [0.4, 0.5) is 17.1 Å². The van der Waals surface area contributed by atoms with Crippen molar-refractivity contribution in [2.45, 2.75) is 0 Å². The molecule has 0 spiro atoms. The van der Waals surface area contributed by atoms with Gasteiger partial charge in [0.25, 0.3) is 0 Å². The van der Waals surface area contributed by atoms with Crippen molar-refractivity contribution >= 4 is 70.5 Å². The standard InChI is InChI=1S/C48H31NOS/c1-3-11-32(12-4-1)33-19-24-37(25-20-33)49(36-13-5-2-6-14-36)38-26-21-34(22-27-38)42-31-46-43(39-15-7-9-17-45(39)50-46)30-41(42)35-23-28-48-44(29-35)40-16-8-10-18-47(40)51-48/h1-31H. The minimum Gasteiger partial charge on any atom is -0.456 e. The van der Waals surface area contributed by atoms with Crippen molar-refractivity contribution in [1.29, 1.82) is 0 Å². The zero-order valence-electron chi connectivity index (χ0n) is 27.7. The molecule has 2 nitrogen and oxygen atoms in total. The van der Waals surface area contributed by atoms with Crippen LogP contribution in [0.3, 0.4) is 0 Å². The van der Waals surface area contributed by atoms with Gasteiger partial charge in [0.15, 0.2) is 0 Å². The predicted octanol–water partition coefficient (Wildman–Crippen LogP) is 14.4. The Labute approximate surface area is 300 Å². The van der Waals surface area contributed by atoms with Gasteiger partial charge in [0.2, 0.25) is 0 Å². The van der Waals surface area contributed by atoms with Crippen molar-refractivity contribution in [2.24, 2.45) is 0 Å². The molecule has 0 fully saturated rings. The van der Waals surface area contributed by atoms with Crippen LogP contribution in [0.2, 0.25) is 0 Å². The molecule has 240 valence electrons. The molecule has 0 atom stereocenters. The Morgan fingerprint density at radius 3 is 1.65 bits per heavy atom. The van der Waals surface area contributed by atoms with E-state index in [1.54, 1.807) is 0 Å². The first kappa shape index (κ1) is 29.5. The number of rotatable bonds is 6. The maximum Gasteiger partial charge on any atom is 0.136 e. The summed E-state index contributed by atoms with van der Waals surface area (Å²) in [5.41, 5.74) is 12.2. The van der Waals surface area contributed by atoms with Crippen molar-refractivity contribution in [3.05, 3.63) is 188 Å². The number of hydrogen-bond acceptors (Lipinski definition) is 3. The van der Waals surface area contributed by atoms with Crippen molar-refractivity contribution in [3.63, 3.8) is 0 Å². The Balaban J connectivity index is 1.11. The number of thiophene rings is 1. The molecule has 0 saturated heterocycles. The Hall–Kier alpha value is -6.42. The largest absolute Gasteiger partial charge is 0.456 e. The van der Waals surface area contributed by atoms with E-state index in [-0.39, 0.29) is 0 Å². The third-order valence-corrected chi connectivity index (χ3v) is 11.0. The number of furan rings is 1. The van der Waals surface area contributed by atoms with E-state index in [0.29, 0.717) is 0 Å². The van der Waals surface area contributed by atoms with Crippen LogP contribution in [0.25, 0.3) is 75.5 Å². The summed E-state index contributed by atoms with van der Waals surface area (Å²) in [7, 11) is 0. The van der Waals surface area contributed by atoms with Gasteiger partial charge in [0.1, 0.15) is 11.2 Å². The Morgan fingerprint density at radius 2 is 0.882 bits per heavy atom. The average Bonchev–Trinajstić information content (AvgIpc) is 3.76. The molecule has 10 aromatic rings. The van der Waals surface area contributed by atoms with Crippen LogP contribution < -0.4 is 4.90 Å². The average molecular weight is 670 g/mol. The number of para-hydroxylation sites is 2. The Morgan fingerprint density at radius 1 is 0.333 bits per heavy atom. The molecule has 0 radical (unpaired) electrons. The second-order valence-electron chi connectivity index (χ2n) is 12.9. The van der Waals surface area contributed by atoms with Crippen molar-refractivity contribution in [3.8, 4) is 33.4 Å². The highest BCUT2D eigenvalue weighted by atomic mass is 32.1. The first-order valence-electron chi connectivity index (χ1n) is 17.2. The summed E-state index contributed by atoms with van der Waals surface area (Å²) in [6.07, 6.45) is 0. The molecule has 0 bridgehead atoms. The summed E-state index contributed by atoms with van der Waals surface area (Å²) >= 11 is 1.85. The van der Waals surface area contributed by atoms with Gasteiger partial charge in [-0.25, -0.2) is 0 Å². The lowest BCUT2D eigenvalue weighted by molar-refractivity contribution is 0.669. The maximum atomic E-state index is 6.43. The normalized spacial score (nSPS) is 11.5. The van der Waals surface area contributed by atoms with Crippen molar-refractivity contribution in [2.75, 3.05) is 4.90 Å². The molecule has 0 amide bonds. The van der Waals surface area contributed by atoms with Crippen LogP contribution in [-0.4, -0.2) is 0 Å². The zero-order chi connectivity index (χ0) is 33.7. The fourth-order valence-electron chi connectivity index (χ4n) is 7.39. The Kier molecular flexibility index (Phi) is 7.04. The topological polar surface area (TPSA) is 16.4 Å². The molecular formula is C48H31NOS. The third kappa shape index (κ3) is 5.18. The molecule has 0 aliphatic heterocycles. The van der Waals surface area contributed by atoms with E-state index in [2.05, 4.69) is 187 Å². The number of hydrogen-bond donors (Lipinski definition) is 0. The zero-order valence-corrected chi connectivity index (χ0v) is 28.5. The fraction of sp³-hybridized carbons (Fsp3) is 0. The molecule has 0 unspecified atom stereocenters. The first-order chi connectivity index (χ1) is 25.3. The molecular weight excluding hydrogens is 639 g/mol. The molecule has 0 saturated carbocycles. The fourth-order valence-corrected chi connectivity index (χ4v) is 8.48. The molecule has 3 heteroatoms. The first-order valence-corrected chi connectivity index (χ1v) is 18.1. The van der Waals surface area contributed by atoms with Crippen molar-refractivity contribution in [1.82, 2.24) is 0 Å². The lowest BCUT2D eigenvalue weighted by Crippen LogP contribution is -2.09. The van der Waals surface area contributed by atoms with Crippen LogP contribution >= 0.6 is 11.3 Å². The van der Waals surface area contributed by atoms with Gasteiger partial charge in [0, 0.05) is 48.0 Å². The van der Waals surface area contributed by atoms with Crippen LogP contribution in [-0.2, 0) is 0 Å². The van der Waals surface area contributed by atoms with Gasteiger partial charge in [-0.15, -0.1) is 11.3 Å². The van der Waals surface area contributed by atoms with Gasteiger partial charge in [-0.2, -0.15) is 0 Å². The van der Waals surface area contributed by atoms with E-state index < -0.39 is 0 Å². The maximum absolute atomic E-state index is 6.43. The lowest BCUT2D eigenvalue weighted by Gasteiger charge is -2.26. The Bertz CT molecular complexity index is 2830. The number of fused-ring (bicyclic) bond motifs is 6. The van der Waals surface area contributed by atoms with Crippen molar-refractivity contribution < 1.29 is 4.42 Å². The van der Waals surface area contributed by atoms with Crippen LogP contribution in [0.1, 0.15) is 0 Å². The molecule has 10 rings (SSSR count). The lowest BCUT2D eigenvalue weighted by atomic mass is 9.92. The molecule has 0 N–H and O–H groups in total. The van der Waals surface area contributed by atoms with Gasteiger partial charge >= 0.3 is 0 Å². The highest BCUT2D eigenvalue weighted by molar-refractivity contribution is 7.25. The molecule has 2 aromatic heterocycles. The van der Waals surface area contributed by atoms with E-state index in [0.717, 1.165) is 50.1 Å². The number of benzene rings is 8. The number of anilines is 3. The van der Waals surface area contributed by atoms with E-state index >= 15 is 0 Å². The van der Waals surface area contributed by atoms with Gasteiger partial charge in [-0.05, 0) is 106 Å². The molecule has 0 aliphatic carbocycles. The summed E-state index contributed by atoms with van der Waals surface area (Å²) < 4.78 is 9.05. The van der Waals surface area contributed by atoms with E-state index in [1.165, 1.54) is 42.4 Å². The monoisotopic (exact) mass is 669 g/mol. The SMILES string of the molecule is c1ccc(-c2ccc(N(c3ccccc3)c3ccc(-c4cc5oc6ccccc6c5cc4-c4ccc5sc6ccccc6c5c4)cc3)cc2)cc1. The summed E-state index contributed by atoms with van der Waals surface area (Å²) in [4.78, 5) is 2.32. The van der Waals surface area contributed by atoms with Crippen LogP contribution in [0, 0.1) is 0 Å². The second-order valence-corrected chi connectivity index (χ2v) is 14.0. The van der Waals surface area contributed by atoms with Crippen LogP contribution in [0.5, 0.6) is 0 Å². The third-order valence-electron chi connectivity index (χ3n) is 9.89. The quantitative estimate of drug-likeness (QED) is 0.175. The van der Waals surface area contributed by atoms with E-state index in [1.807, 2.05) is 17.4 Å². The highest BCUT2D eigenvalue weighted by Gasteiger charge is 2.18. The summed E-state index contributed by atoms with van der Waals surface area (Å²) in [5, 5.41) is 4.86. The molecule has 2 heterocycles. The minimum atomic E-state index is 0.894. The number of nitrogens with zero attached hydrogens (tertiary/aromatic N) is 1. The van der Waals surface area contributed by atoms with Gasteiger partial charge in [-0.3, -0.25) is 0 Å². The van der Waals surface area contributed by atoms with Gasteiger partial charge in [-0.1, -0.05) is 115 Å².